The lowest BCUT2D eigenvalue weighted by Crippen LogP contribution is -2.51. The van der Waals surface area contributed by atoms with E-state index in [2.05, 4.69) is 15.7 Å². The first-order valence-corrected chi connectivity index (χ1v) is 8.56. The van der Waals surface area contributed by atoms with Crippen LogP contribution in [0.4, 0.5) is 5.69 Å². The minimum Gasteiger partial charge on any atom is -0.550 e. The summed E-state index contributed by atoms with van der Waals surface area (Å²) in [4.78, 5) is 45.4. The molecule has 0 bridgehead atoms. The van der Waals surface area contributed by atoms with Gasteiger partial charge < -0.3 is 9.90 Å². The van der Waals surface area contributed by atoms with Crippen molar-refractivity contribution in [1.29, 1.82) is 0 Å². The van der Waals surface area contributed by atoms with Crippen LogP contribution in [0.15, 0.2) is 36.0 Å². The number of nitrogens with zero attached hydrogens (tertiary/aromatic N) is 3. The fourth-order valence-electron chi connectivity index (χ4n) is 2.62. The second-order valence-electron chi connectivity index (χ2n) is 5.92. The molecule has 0 unspecified atom stereocenters. The lowest BCUT2D eigenvalue weighted by molar-refractivity contribution is -0.384. The van der Waals surface area contributed by atoms with Gasteiger partial charge in [0.25, 0.3) is 17.5 Å². The molecule has 1 aliphatic heterocycles. The summed E-state index contributed by atoms with van der Waals surface area (Å²) in [6.07, 6.45) is 2.36. The number of amides is 2. The minimum atomic E-state index is -1.28. The predicted molar refractivity (Wildman–Crippen MR) is 101 cm³/mol. The van der Waals surface area contributed by atoms with Crippen molar-refractivity contribution in [2.45, 2.75) is 13.0 Å². The fourth-order valence-corrected chi connectivity index (χ4v) is 2.80. The Morgan fingerprint density at radius 2 is 1.97 bits per heavy atom. The molecule has 2 amide bonds. The maximum atomic E-state index is 12.1. The average Bonchev–Trinajstić information content (AvgIpc) is 3.06. The zero-order valence-corrected chi connectivity index (χ0v) is 15.4. The van der Waals surface area contributed by atoms with Gasteiger partial charge >= 0.3 is 0 Å². The van der Waals surface area contributed by atoms with Gasteiger partial charge in [0, 0.05) is 48.4 Å². The van der Waals surface area contributed by atoms with E-state index in [1.165, 1.54) is 35.2 Å². The number of non-ortho nitro benzene ring substituents is 1. The van der Waals surface area contributed by atoms with Crippen molar-refractivity contribution in [2.75, 3.05) is 0 Å². The first-order chi connectivity index (χ1) is 13.7. The Morgan fingerprint density at radius 1 is 1.28 bits per heavy atom. The molecule has 3 rings (SSSR count). The second-order valence-corrected chi connectivity index (χ2v) is 6.33. The summed E-state index contributed by atoms with van der Waals surface area (Å²) in [5.74, 6) is -2.71. The van der Waals surface area contributed by atoms with Crippen LogP contribution < -0.4 is 15.7 Å². The minimum absolute atomic E-state index is 0.0318. The fraction of sp³-hybridized carbons (Fsp3) is 0.118. The van der Waals surface area contributed by atoms with Crippen molar-refractivity contribution >= 4 is 46.9 Å². The van der Waals surface area contributed by atoms with Crippen LogP contribution in [0.3, 0.4) is 0 Å². The third kappa shape index (κ3) is 4.50. The number of hydrogen-bond donors (Lipinski definition) is 2. The van der Waals surface area contributed by atoms with Crippen LogP contribution in [0.25, 0.3) is 17.3 Å². The number of carboxylic acids is 1. The van der Waals surface area contributed by atoms with Crippen LogP contribution in [0, 0.1) is 10.1 Å². The topological polar surface area (TPSA) is 159 Å². The molecule has 1 saturated heterocycles. The van der Waals surface area contributed by atoms with Gasteiger partial charge in [0.05, 0.1) is 10.6 Å². The van der Waals surface area contributed by atoms with Crippen LogP contribution in [0.2, 0.25) is 0 Å². The molecule has 1 fully saturated rings. The molecule has 1 aromatic carbocycles. The van der Waals surface area contributed by atoms with Crippen molar-refractivity contribution in [3.8, 4) is 11.3 Å². The van der Waals surface area contributed by atoms with E-state index in [-0.39, 0.29) is 40.6 Å². The highest BCUT2D eigenvalue weighted by molar-refractivity contribution is 7.80. The van der Waals surface area contributed by atoms with Gasteiger partial charge in [0.15, 0.2) is 5.11 Å². The number of nitro benzene ring substituents is 1. The summed E-state index contributed by atoms with van der Waals surface area (Å²) in [6, 6.07) is 5.61. The number of aromatic nitrogens is 2. The number of hydrogen-bond acceptors (Lipinski definition) is 8. The molecule has 1 aromatic heterocycles. The van der Waals surface area contributed by atoms with Gasteiger partial charge in [0.2, 0.25) is 0 Å². The lowest BCUT2D eigenvalue weighted by atomic mass is 10.0. The van der Waals surface area contributed by atoms with E-state index in [0.29, 0.717) is 5.56 Å². The van der Waals surface area contributed by atoms with Gasteiger partial charge in [-0.1, -0.05) is 12.1 Å². The smallest absolute Gasteiger partial charge is 0.270 e. The molecule has 0 saturated carbocycles. The van der Waals surface area contributed by atoms with Crippen LogP contribution in [-0.2, 0) is 20.9 Å². The Kier molecular flexibility index (Phi) is 5.45. The molecular weight excluding hydrogens is 402 g/mol. The lowest BCUT2D eigenvalue weighted by Gasteiger charge is -2.16. The number of aliphatic carboxylic acids is 1. The number of carbonyl (C=O) groups is 3. The Labute approximate surface area is 168 Å². The van der Waals surface area contributed by atoms with E-state index >= 15 is 0 Å². The van der Waals surface area contributed by atoms with Gasteiger partial charge in [-0.15, -0.1) is 0 Å². The number of carboxylic acid groups (broad SMARTS) is 1. The quantitative estimate of drug-likeness (QED) is 0.211. The zero-order valence-electron chi connectivity index (χ0n) is 14.6. The highest BCUT2D eigenvalue weighted by atomic mass is 32.1. The summed E-state index contributed by atoms with van der Waals surface area (Å²) in [6.45, 7) is -0.0318. The van der Waals surface area contributed by atoms with Gasteiger partial charge in [0.1, 0.15) is 5.57 Å². The maximum Gasteiger partial charge on any atom is 0.270 e. The molecule has 12 heteroatoms. The molecule has 2 heterocycles. The molecule has 0 aliphatic carbocycles. The summed E-state index contributed by atoms with van der Waals surface area (Å²) in [7, 11) is 0. The molecule has 2 aromatic rings. The van der Waals surface area contributed by atoms with Crippen LogP contribution in [-0.4, -0.2) is 37.6 Å². The number of thiocarbonyl (C=S) groups is 1. The second kappa shape index (κ2) is 7.98. The molecule has 11 nitrogen and oxygen atoms in total. The third-order valence-corrected chi connectivity index (χ3v) is 4.11. The Balaban J connectivity index is 2.08. The number of nitro groups is 1. The largest absolute Gasteiger partial charge is 0.550 e. The van der Waals surface area contributed by atoms with Gasteiger partial charge in [-0.25, -0.2) is 0 Å². The van der Waals surface area contributed by atoms with Crippen LogP contribution >= 0.6 is 12.2 Å². The third-order valence-electron chi connectivity index (χ3n) is 3.91. The van der Waals surface area contributed by atoms with E-state index < -0.39 is 22.7 Å². The number of rotatable bonds is 6. The van der Waals surface area contributed by atoms with Crippen molar-refractivity contribution in [3.63, 3.8) is 0 Å². The van der Waals surface area contributed by atoms with Crippen molar-refractivity contribution in [1.82, 2.24) is 20.4 Å². The van der Waals surface area contributed by atoms with Crippen LogP contribution in [0.1, 0.15) is 12.0 Å². The molecule has 1 aliphatic rings. The normalized spacial score (nSPS) is 13.7. The van der Waals surface area contributed by atoms with E-state index in [0.717, 1.165) is 0 Å². The van der Waals surface area contributed by atoms with E-state index in [1.54, 1.807) is 6.07 Å². The molecule has 0 radical (unpaired) electrons. The molecular formula is C17H12N5O6S-. The SMILES string of the molecule is O=C([O-])CCn1cc(C=C2C(=O)NC(=S)NC2=O)c(-c2cccc([N+](=O)[O-])c2)n1. The maximum absolute atomic E-state index is 12.1. The van der Waals surface area contributed by atoms with Gasteiger partial charge in [-0.3, -0.25) is 35.0 Å². The van der Waals surface area contributed by atoms with Gasteiger partial charge in [-0.05, 0) is 18.3 Å². The first-order valence-electron chi connectivity index (χ1n) is 8.15. The highest BCUT2D eigenvalue weighted by Crippen LogP contribution is 2.27. The average molecular weight is 414 g/mol. The standard InChI is InChI=1S/C17H13N5O6S/c23-13(24)4-5-21-8-10(7-12-15(25)18-17(29)19-16(12)26)14(20-21)9-2-1-3-11(6-9)22(27)28/h1-3,6-8H,4-5H2,(H,23,24)(H2,18,19,25,26,29)/p-1. The number of aryl methyl sites for hydroxylation is 1. The Bertz CT molecular complexity index is 1070. The van der Waals surface area contributed by atoms with Crippen molar-refractivity contribution in [3.05, 3.63) is 51.7 Å². The summed E-state index contributed by atoms with van der Waals surface area (Å²) in [5.41, 5.74) is 0.448. The van der Waals surface area contributed by atoms with Gasteiger partial charge in [-0.2, -0.15) is 5.10 Å². The van der Waals surface area contributed by atoms with Crippen molar-refractivity contribution < 1.29 is 24.4 Å². The first kappa shape index (κ1) is 19.8. The highest BCUT2D eigenvalue weighted by Gasteiger charge is 2.26. The molecule has 2 N–H and O–H groups in total. The number of benzene rings is 1. The molecule has 148 valence electrons. The number of carbonyl (C=O) groups excluding carboxylic acids is 3. The van der Waals surface area contributed by atoms with E-state index in [9.17, 15) is 29.6 Å². The predicted octanol–water partition coefficient (Wildman–Crippen LogP) is -0.487. The van der Waals surface area contributed by atoms with E-state index in [1.807, 2.05) is 0 Å². The summed E-state index contributed by atoms with van der Waals surface area (Å²) in [5, 5.41) is 30.5. The summed E-state index contributed by atoms with van der Waals surface area (Å²) >= 11 is 4.75. The molecule has 29 heavy (non-hydrogen) atoms. The molecule has 0 atom stereocenters. The zero-order chi connectivity index (χ0) is 21.1. The summed E-state index contributed by atoms with van der Waals surface area (Å²) < 4.78 is 1.29. The number of nitrogens with one attached hydrogen (secondary N) is 2. The molecule has 0 spiro atoms. The Morgan fingerprint density at radius 3 is 2.59 bits per heavy atom. The van der Waals surface area contributed by atoms with Crippen molar-refractivity contribution in [2.24, 2.45) is 0 Å². The monoisotopic (exact) mass is 414 g/mol. The van der Waals surface area contributed by atoms with Crippen LogP contribution in [0.5, 0.6) is 0 Å². The Hall–Kier alpha value is -3.93. The van der Waals surface area contributed by atoms with E-state index in [4.69, 9.17) is 12.2 Å².